The van der Waals surface area contributed by atoms with Crippen LogP contribution in [0.15, 0.2) is 5.10 Å². The van der Waals surface area contributed by atoms with Crippen molar-refractivity contribution >= 4 is 27.7 Å². The smallest absolute Gasteiger partial charge is 0.332 e. The zero-order valence-electron chi connectivity index (χ0n) is 9.21. The van der Waals surface area contributed by atoms with E-state index in [2.05, 4.69) is 26.5 Å². The molecule has 90 valence electrons. The predicted octanol–water partition coefficient (Wildman–Crippen LogP) is 1.16. The van der Waals surface area contributed by atoms with Crippen molar-refractivity contribution in [2.45, 2.75) is 11.2 Å². The maximum atomic E-state index is 10.8. The number of carbonyl (C=O) groups is 1. The highest BCUT2D eigenvalue weighted by molar-refractivity contribution is 9.09. The van der Waals surface area contributed by atoms with Gasteiger partial charge in [0.05, 0.1) is 0 Å². The van der Waals surface area contributed by atoms with Gasteiger partial charge in [-0.25, -0.2) is 10.2 Å². The summed E-state index contributed by atoms with van der Waals surface area (Å²) < 4.78 is 0. The molecule has 9 atom stereocenters. The maximum Gasteiger partial charge on any atom is 0.332 e. The molecule has 3 N–H and O–H groups in total. The van der Waals surface area contributed by atoms with Gasteiger partial charge in [0.15, 0.2) is 0 Å². The van der Waals surface area contributed by atoms with E-state index in [1.54, 1.807) is 0 Å². The lowest BCUT2D eigenvalue weighted by atomic mass is 9.71. The number of hydrazone groups is 1. The number of nitrogens with two attached hydrogens (primary N) is 1. The first kappa shape index (κ1) is 9.36. The highest BCUT2D eigenvalue weighted by Crippen LogP contribution is 2.82. The van der Waals surface area contributed by atoms with Gasteiger partial charge in [-0.2, -0.15) is 5.10 Å². The second-order valence-electron chi connectivity index (χ2n) is 6.38. The van der Waals surface area contributed by atoms with Crippen LogP contribution in [0.3, 0.4) is 0 Å². The first-order chi connectivity index (χ1) is 8.20. The lowest BCUT2D eigenvalue weighted by molar-refractivity contribution is 0.132. The molecule has 5 heteroatoms. The fraction of sp³-hybridized carbons (Fsp3) is 0.833. The second kappa shape index (κ2) is 2.56. The van der Waals surface area contributed by atoms with Gasteiger partial charge in [0, 0.05) is 22.4 Å². The number of hydrogen-bond acceptors (Lipinski definition) is 2. The summed E-state index contributed by atoms with van der Waals surface area (Å²) in [6.45, 7) is 0. The van der Waals surface area contributed by atoms with Crippen molar-refractivity contribution in [3.8, 4) is 0 Å². The van der Waals surface area contributed by atoms with Crippen LogP contribution in [0.1, 0.15) is 6.42 Å². The summed E-state index contributed by atoms with van der Waals surface area (Å²) in [5.41, 5.74) is 8.86. The van der Waals surface area contributed by atoms with Crippen LogP contribution in [0.25, 0.3) is 0 Å². The zero-order valence-corrected chi connectivity index (χ0v) is 10.8. The van der Waals surface area contributed by atoms with E-state index in [4.69, 9.17) is 5.73 Å². The average molecular weight is 296 g/mol. The molecule has 6 saturated carbocycles. The fourth-order valence-electron chi connectivity index (χ4n) is 6.49. The van der Waals surface area contributed by atoms with E-state index < -0.39 is 6.03 Å². The molecule has 0 aromatic carbocycles. The molecule has 6 aliphatic rings. The topological polar surface area (TPSA) is 67.5 Å². The van der Waals surface area contributed by atoms with Gasteiger partial charge in [-0.15, -0.1) is 0 Å². The summed E-state index contributed by atoms with van der Waals surface area (Å²) in [5, 5.41) is 4.35. The summed E-state index contributed by atoms with van der Waals surface area (Å²) in [5.74, 6) is 6.55. The molecule has 0 heterocycles. The molecule has 6 rings (SSSR count). The molecule has 0 unspecified atom stereocenters. The molecule has 0 aromatic heterocycles. The van der Waals surface area contributed by atoms with Crippen molar-refractivity contribution in [3.05, 3.63) is 0 Å². The van der Waals surface area contributed by atoms with Crippen LogP contribution in [-0.2, 0) is 0 Å². The molecule has 0 spiro atoms. The molecule has 4 nitrogen and oxygen atoms in total. The van der Waals surface area contributed by atoms with Crippen LogP contribution in [0.5, 0.6) is 0 Å². The van der Waals surface area contributed by atoms with Gasteiger partial charge in [-0.05, 0) is 41.9 Å². The van der Waals surface area contributed by atoms with Crippen LogP contribution < -0.4 is 11.2 Å². The van der Waals surface area contributed by atoms with E-state index in [0.29, 0.717) is 16.7 Å². The first-order valence-electron chi connectivity index (χ1n) is 6.47. The Morgan fingerprint density at radius 2 is 2.00 bits per heavy atom. The summed E-state index contributed by atoms with van der Waals surface area (Å²) >= 11 is 3.93. The third kappa shape index (κ3) is 0.761. The minimum absolute atomic E-state index is 0.536. The van der Waals surface area contributed by atoms with Gasteiger partial charge >= 0.3 is 6.03 Å². The van der Waals surface area contributed by atoms with E-state index in [1.807, 2.05) is 0 Å². The minimum atomic E-state index is -0.536. The molecule has 2 amide bonds. The number of nitrogens with one attached hydrogen (secondary N) is 1. The van der Waals surface area contributed by atoms with Crippen molar-refractivity contribution in [1.82, 2.24) is 5.43 Å². The number of primary amides is 1. The summed E-state index contributed by atoms with van der Waals surface area (Å²) in [6.07, 6.45) is 1.41. The Labute approximate surface area is 108 Å². The zero-order chi connectivity index (χ0) is 11.5. The highest BCUT2D eigenvalue weighted by atomic mass is 79.9. The van der Waals surface area contributed by atoms with Gasteiger partial charge in [-0.1, -0.05) is 15.9 Å². The molecular weight excluding hydrogens is 282 g/mol. The van der Waals surface area contributed by atoms with Crippen molar-refractivity contribution in [1.29, 1.82) is 0 Å². The summed E-state index contributed by atoms with van der Waals surface area (Å²) in [4.78, 5) is 11.5. The van der Waals surface area contributed by atoms with Gasteiger partial charge in [0.1, 0.15) is 0 Å². The lowest BCUT2D eigenvalue weighted by Gasteiger charge is -2.32. The monoisotopic (exact) mass is 295 g/mol. The lowest BCUT2D eigenvalue weighted by Crippen LogP contribution is -2.30. The standard InChI is InChI=1S/C12H14BrN3O/c13-10-6-2-1-3-4(6)9-8(10)5(2)7(3)11(9)15-16-12(14)17/h2-10H,1H2,(H3,14,16,17)/b15-11-/t2-,3+,4-,5-,6+,7-,8+,9-,10-/m0/s1. The van der Waals surface area contributed by atoms with Crippen LogP contribution in [0.2, 0.25) is 0 Å². The first-order valence-corrected chi connectivity index (χ1v) is 7.38. The minimum Gasteiger partial charge on any atom is -0.350 e. The number of nitrogens with zero attached hydrogens (tertiary/aromatic N) is 1. The molecule has 17 heavy (non-hydrogen) atoms. The Hall–Kier alpha value is -0.580. The number of rotatable bonds is 1. The number of urea groups is 1. The van der Waals surface area contributed by atoms with Crippen LogP contribution in [0.4, 0.5) is 4.79 Å². The largest absolute Gasteiger partial charge is 0.350 e. The van der Waals surface area contributed by atoms with E-state index >= 15 is 0 Å². The predicted molar refractivity (Wildman–Crippen MR) is 65.4 cm³/mol. The maximum absolute atomic E-state index is 10.8. The van der Waals surface area contributed by atoms with Crippen molar-refractivity contribution in [2.24, 2.45) is 58.2 Å². The Kier molecular flexibility index (Phi) is 1.41. The Morgan fingerprint density at radius 3 is 2.71 bits per heavy atom. The van der Waals surface area contributed by atoms with Crippen molar-refractivity contribution in [3.63, 3.8) is 0 Å². The molecule has 6 fully saturated rings. The molecule has 0 radical (unpaired) electrons. The number of carbonyl (C=O) groups excluding carboxylic acids is 1. The molecule has 0 aliphatic heterocycles. The fourth-order valence-corrected chi connectivity index (χ4v) is 7.92. The van der Waals surface area contributed by atoms with E-state index in [-0.39, 0.29) is 0 Å². The van der Waals surface area contributed by atoms with Gasteiger partial charge in [0.2, 0.25) is 0 Å². The summed E-state index contributed by atoms with van der Waals surface area (Å²) in [7, 11) is 0. The molecule has 6 aliphatic carbocycles. The van der Waals surface area contributed by atoms with E-state index in [1.165, 1.54) is 12.1 Å². The number of amides is 2. The Balaban J connectivity index is 1.62. The molecule has 0 aromatic rings. The quantitative estimate of drug-likeness (QED) is 0.553. The van der Waals surface area contributed by atoms with Gasteiger partial charge < -0.3 is 5.73 Å². The molecule has 6 bridgehead atoms. The van der Waals surface area contributed by atoms with Crippen LogP contribution >= 0.6 is 15.9 Å². The summed E-state index contributed by atoms with van der Waals surface area (Å²) in [6, 6.07) is -0.536. The van der Waals surface area contributed by atoms with Gasteiger partial charge in [-0.3, -0.25) is 0 Å². The number of halogens is 1. The SMILES string of the molecule is NC(=O)N/N=C1\[C@H]2[C@H]3[C@H]4C[C@@H]5[C@H]3[C@H](Br)[C@@H]2[C@@H]5[C@@H]14. The van der Waals surface area contributed by atoms with Crippen molar-refractivity contribution in [2.75, 3.05) is 0 Å². The van der Waals surface area contributed by atoms with Crippen LogP contribution in [-0.4, -0.2) is 16.6 Å². The number of hydrogen-bond donors (Lipinski definition) is 2. The highest BCUT2D eigenvalue weighted by Gasteiger charge is 2.82. The Bertz CT molecular complexity index is 476. The third-order valence-corrected chi connectivity index (χ3v) is 7.56. The van der Waals surface area contributed by atoms with E-state index in [0.717, 1.165) is 35.5 Å². The van der Waals surface area contributed by atoms with Gasteiger partial charge in [0.25, 0.3) is 0 Å². The molecular formula is C12H14BrN3O. The second-order valence-corrected chi connectivity index (χ2v) is 7.44. The third-order valence-electron chi connectivity index (χ3n) is 6.34. The Morgan fingerprint density at radius 1 is 1.24 bits per heavy atom. The normalized spacial score (nSPS) is 65.7. The molecule has 0 saturated heterocycles. The average Bonchev–Trinajstić information content (AvgIpc) is 2.97. The van der Waals surface area contributed by atoms with Crippen molar-refractivity contribution < 1.29 is 4.79 Å². The van der Waals surface area contributed by atoms with E-state index in [9.17, 15) is 4.79 Å². The number of alkyl halides is 1. The van der Waals surface area contributed by atoms with Crippen LogP contribution in [0, 0.1) is 47.3 Å².